The fourth-order valence-electron chi connectivity index (χ4n) is 3.33. The largest absolute Gasteiger partial charge is 0.349 e. The molecule has 140 valence electrons. The van der Waals surface area contributed by atoms with Crippen molar-refractivity contribution in [3.05, 3.63) is 78.0 Å². The number of hydrogen-bond donors (Lipinski definition) is 1. The Bertz CT molecular complexity index is 1150. The van der Waals surface area contributed by atoms with Crippen LogP contribution in [0.25, 0.3) is 21.8 Å². The van der Waals surface area contributed by atoms with Crippen molar-refractivity contribution in [2.75, 3.05) is 5.75 Å². The summed E-state index contributed by atoms with van der Waals surface area (Å²) in [7, 11) is 0. The molecule has 1 aromatic heterocycles. The maximum atomic E-state index is 12.5. The summed E-state index contributed by atoms with van der Waals surface area (Å²) in [5, 5.41) is 6.25. The Morgan fingerprint density at radius 1 is 0.964 bits per heavy atom. The van der Waals surface area contributed by atoms with Crippen molar-refractivity contribution in [3.63, 3.8) is 0 Å². The lowest BCUT2D eigenvalue weighted by atomic mass is 10.00. The number of amides is 1. The molecule has 5 heteroatoms. The second kappa shape index (κ2) is 7.98. The van der Waals surface area contributed by atoms with Gasteiger partial charge < -0.3 is 5.32 Å². The van der Waals surface area contributed by atoms with Crippen molar-refractivity contribution in [3.8, 4) is 0 Å². The summed E-state index contributed by atoms with van der Waals surface area (Å²) in [6.07, 6.45) is 0. The van der Waals surface area contributed by atoms with E-state index in [2.05, 4.69) is 39.6 Å². The highest BCUT2D eigenvalue weighted by molar-refractivity contribution is 7.99. The molecular formula is C23H21N3OS. The molecule has 0 radical (unpaired) electrons. The first-order valence-corrected chi connectivity index (χ1v) is 10.2. The average molecular weight is 388 g/mol. The van der Waals surface area contributed by atoms with Crippen molar-refractivity contribution in [1.29, 1.82) is 0 Å². The second-order valence-electron chi connectivity index (χ2n) is 6.75. The topological polar surface area (TPSA) is 54.9 Å². The molecule has 1 atom stereocenters. The fraction of sp³-hybridized carbons (Fsp3) is 0.174. The maximum Gasteiger partial charge on any atom is 0.230 e. The van der Waals surface area contributed by atoms with Crippen molar-refractivity contribution in [2.45, 2.75) is 24.9 Å². The standard InChI is InChI=1S/C23H21N3OS/c1-15(18-11-7-9-17-8-3-4-10-19(17)18)25-22(27)14-28-23-16(2)24-20-12-5-6-13-21(20)26-23/h3-13,15H,14H2,1-2H3,(H,25,27)/t15-/m0/s1. The van der Waals surface area contributed by atoms with Crippen LogP contribution in [0.5, 0.6) is 0 Å². The number of para-hydroxylation sites is 2. The molecule has 3 aromatic carbocycles. The van der Waals surface area contributed by atoms with E-state index in [1.807, 2.05) is 56.3 Å². The Hall–Kier alpha value is -2.92. The maximum absolute atomic E-state index is 12.5. The summed E-state index contributed by atoms with van der Waals surface area (Å²) in [5.74, 6) is 0.294. The van der Waals surface area contributed by atoms with Gasteiger partial charge in [-0.2, -0.15) is 0 Å². The van der Waals surface area contributed by atoms with Gasteiger partial charge in [0, 0.05) is 0 Å². The third-order valence-corrected chi connectivity index (χ3v) is 5.78. The van der Waals surface area contributed by atoms with Gasteiger partial charge in [-0.15, -0.1) is 0 Å². The number of carbonyl (C=O) groups is 1. The first-order chi connectivity index (χ1) is 13.6. The Labute approximate surface area is 168 Å². The first kappa shape index (κ1) is 18.4. The van der Waals surface area contributed by atoms with E-state index >= 15 is 0 Å². The summed E-state index contributed by atoms with van der Waals surface area (Å²) in [6, 6.07) is 22.1. The quantitative estimate of drug-likeness (QED) is 0.486. The van der Waals surface area contributed by atoms with E-state index in [9.17, 15) is 4.79 Å². The zero-order valence-electron chi connectivity index (χ0n) is 15.8. The summed E-state index contributed by atoms with van der Waals surface area (Å²) >= 11 is 1.43. The van der Waals surface area contributed by atoms with Gasteiger partial charge in [-0.1, -0.05) is 66.4 Å². The van der Waals surface area contributed by atoms with Gasteiger partial charge in [0.25, 0.3) is 0 Å². The summed E-state index contributed by atoms with van der Waals surface area (Å²) in [5.41, 5.74) is 3.69. The third-order valence-electron chi connectivity index (χ3n) is 4.71. The summed E-state index contributed by atoms with van der Waals surface area (Å²) in [6.45, 7) is 3.95. The van der Waals surface area contributed by atoms with Crippen LogP contribution in [-0.2, 0) is 4.79 Å². The van der Waals surface area contributed by atoms with Gasteiger partial charge in [0.2, 0.25) is 5.91 Å². The van der Waals surface area contributed by atoms with Crippen LogP contribution in [0.2, 0.25) is 0 Å². The van der Waals surface area contributed by atoms with Crippen LogP contribution in [0.15, 0.2) is 71.8 Å². The highest BCUT2D eigenvalue weighted by Crippen LogP contribution is 2.25. The molecule has 1 heterocycles. The smallest absolute Gasteiger partial charge is 0.230 e. The van der Waals surface area contributed by atoms with E-state index in [0.717, 1.165) is 27.3 Å². The van der Waals surface area contributed by atoms with Crippen molar-refractivity contribution < 1.29 is 4.79 Å². The molecule has 4 aromatic rings. The molecule has 4 nitrogen and oxygen atoms in total. The van der Waals surface area contributed by atoms with E-state index in [-0.39, 0.29) is 11.9 Å². The van der Waals surface area contributed by atoms with E-state index in [1.165, 1.54) is 22.5 Å². The Morgan fingerprint density at radius 3 is 2.46 bits per heavy atom. The lowest BCUT2D eigenvalue weighted by Crippen LogP contribution is -2.28. The molecular weight excluding hydrogens is 366 g/mol. The molecule has 0 saturated carbocycles. The zero-order chi connectivity index (χ0) is 19.5. The van der Waals surface area contributed by atoms with Crippen LogP contribution in [0.3, 0.4) is 0 Å². The van der Waals surface area contributed by atoms with E-state index < -0.39 is 0 Å². The van der Waals surface area contributed by atoms with Crippen LogP contribution in [0.1, 0.15) is 24.2 Å². The minimum Gasteiger partial charge on any atom is -0.349 e. The molecule has 0 aliphatic rings. The molecule has 0 saturated heterocycles. The van der Waals surface area contributed by atoms with Crippen molar-refractivity contribution >= 4 is 39.5 Å². The molecule has 28 heavy (non-hydrogen) atoms. The number of nitrogens with one attached hydrogen (secondary N) is 1. The Morgan fingerprint density at radius 2 is 1.64 bits per heavy atom. The van der Waals surface area contributed by atoms with E-state index in [1.54, 1.807) is 0 Å². The molecule has 0 aliphatic heterocycles. The second-order valence-corrected chi connectivity index (χ2v) is 7.71. The number of benzene rings is 3. The molecule has 0 bridgehead atoms. The number of rotatable bonds is 5. The number of fused-ring (bicyclic) bond motifs is 2. The van der Waals surface area contributed by atoms with Crippen LogP contribution in [0, 0.1) is 6.92 Å². The zero-order valence-corrected chi connectivity index (χ0v) is 16.7. The van der Waals surface area contributed by atoms with Gasteiger partial charge in [-0.05, 0) is 42.3 Å². The van der Waals surface area contributed by atoms with Gasteiger partial charge in [0.05, 0.1) is 28.5 Å². The number of carbonyl (C=O) groups excluding carboxylic acids is 1. The number of nitrogens with zero attached hydrogens (tertiary/aromatic N) is 2. The Balaban J connectivity index is 1.45. The fourth-order valence-corrected chi connectivity index (χ4v) is 4.10. The number of hydrogen-bond acceptors (Lipinski definition) is 4. The van der Waals surface area contributed by atoms with Crippen LogP contribution < -0.4 is 5.32 Å². The minimum atomic E-state index is -0.0667. The van der Waals surface area contributed by atoms with Gasteiger partial charge in [0.1, 0.15) is 5.03 Å². The lowest BCUT2D eigenvalue weighted by molar-refractivity contribution is -0.119. The molecule has 4 rings (SSSR count). The lowest BCUT2D eigenvalue weighted by Gasteiger charge is -2.16. The SMILES string of the molecule is Cc1nc2ccccc2nc1SCC(=O)N[C@@H](C)c1cccc2ccccc12. The molecule has 0 aliphatic carbocycles. The highest BCUT2D eigenvalue weighted by atomic mass is 32.2. The Kier molecular flexibility index (Phi) is 5.26. The van der Waals surface area contributed by atoms with Crippen molar-refractivity contribution in [2.24, 2.45) is 0 Å². The van der Waals surface area contributed by atoms with Crippen LogP contribution in [0.4, 0.5) is 0 Å². The highest BCUT2D eigenvalue weighted by Gasteiger charge is 2.14. The predicted molar refractivity (Wildman–Crippen MR) is 116 cm³/mol. The van der Waals surface area contributed by atoms with Gasteiger partial charge in [-0.3, -0.25) is 4.79 Å². The molecule has 0 spiro atoms. The monoisotopic (exact) mass is 387 g/mol. The normalized spacial score (nSPS) is 12.2. The van der Waals surface area contributed by atoms with Gasteiger partial charge in [0.15, 0.2) is 0 Å². The molecule has 1 N–H and O–H groups in total. The summed E-state index contributed by atoms with van der Waals surface area (Å²) < 4.78 is 0. The van der Waals surface area contributed by atoms with Gasteiger partial charge in [-0.25, -0.2) is 9.97 Å². The van der Waals surface area contributed by atoms with Gasteiger partial charge >= 0.3 is 0 Å². The number of aryl methyl sites for hydroxylation is 1. The van der Waals surface area contributed by atoms with Crippen LogP contribution >= 0.6 is 11.8 Å². The predicted octanol–water partition coefficient (Wildman–Crippen LogP) is 5.06. The minimum absolute atomic E-state index is 0.0141. The molecule has 0 unspecified atom stereocenters. The van der Waals surface area contributed by atoms with Crippen LogP contribution in [-0.4, -0.2) is 21.6 Å². The number of aromatic nitrogens is 2. The molecule has 1 amide bonds. The van der Waals surface area contributed by atoms with E-state index in [4.69, 9.17) is 0 Å². The van der Waals surface area contributed by atoms with Crippen molar-refractivity contribution in [1.82, 2.24) is 15.3 Å². The summed E-state index contributed by atoms with van der Waals surface area (Å²) in [4.78, 5) is 21.8. The number of thioether (sulfide) groups is 1. The van der Waals surface area contributed by atoms with E-state index in [0.29, 0.717) is 5.75 Å². The average Bonchev–Trinajstić information content (AvgIpc) is 2.71. The molecule has 0 fully saturated rings. The first-order valence-electron chi connectivity index (χ1n) is 9.25. The third kappa shape index (κ3) is 3.85.